The zero-order chi connectivity index (χ0) is 13.8. The van der Waals surface area contributed by atoms with Crippen molar-refractivity contribution in [3.8, 4) is 0 Å². The third kappa shape index (κ3) is 3.05. The molecule has 19 heavy (non-hydrogen) atoms. The van der Waals surface area contributed by atoms with Gasteiger partial charge >= 0.3 is 0 Å². The molecule has 0 aliphatic rings. The summed E-state index contributed by atoms with van der Waals surface area (Å²) in [6.45, 7) is 5.39. The van der Waals surface area contributed by atoms with Crippen molar-refractivity contribution in [2.24, 2.45) is 0 Å². The molecule has 2 rings (SSSR count). The number of rotatable bonds is 4. The Hall–Kier alpha value is -2.03. The summed E-state index contributed by atoms with van der Waals surface area (Å²) in [7, 11) is 0. The normalized spacial score (nSPS) is 10.5. The van der Waals surface area contributed by atoms with Gasteiger partial charge in [-0.25, -0.2) is 4.39 Å². The summed E-state index contributed by atoms with van der Waals surface area (Å²) < 4.78 is 13.8. The maximum Gasteiger partial charge on any atom is 0.130 e. The Bertz CT molecular complexity index is 546. The summed E-state index contributed by atoms with van der Waals surface area (Å²) in [6.07, 6.45) is 0. The van der Waals surface area contributed by atoms with Crippen LogP contribution in [0.25, 0.3) is 0 Å². The van der Waals surface area contributed by atoms with Crippen LogP contribution in [-0.2, 0) is 6.54 Å². The minimum atomic E-state index is -0.244. The molecule has 3 heteroatoms. The lowest BCUT2D eigenvalue weighted by Gasteiger charge is -2.24. The molecule has 0 radical (unpaired) electrons. The first-order valence-electron chi connectivity index (χ1n) is 6.46. The first-order valence-corrected chi connectivity index (χ1v) is 6.46. The number of halogens is 1. The lowest BCUT2D eigenvalue weighted by Crippen LogP contribution is -2.23. The fraction of sp³-hybridized carbons (Fsp3) is 0.250. The highest BCUT2D eigenvalue weighted by Gasteiger charge is 2.11. The number of hydrogen-bond donors (Lipinski definition) is 1. The van der Waals surface area contributed by atoms with Crippen LogP contribution in [0.3, 0.4) is 0 Å². The molecule has 0 saturated carbocycles. The average Bonchev–Trinajstić information content (AvgIpc) is 2.38. The van der Waals surface area contributed by atoms with Crippen molar-refractivity contribution in [1.29, 1.82) is 0 Å². The Morgan fingerprint density at radius 3 is 2.53 bits per heavy atom. The van der Waals surface area contributed by atoms with E-state index in [9.17, 15) is 4.39 Å². The lowest BCUT2D eigenvalue weighted by molar-refractivity contribution is 0.606. The van der Waals surface area contributed by atoms with Gasteiger partial charge in [0.1, 0.15) is 5.82 Å². The van der Waals surface area contributed by atoms with Crippen molar-refractivity contribution in [1.82, 2.24) is 0 Å². The van der Waals surface area contributed by atoms with Gasteiger partial charge in [-0.2, -0.15) is 0 Å². The summed E-state index contributed by atoms with van der Waals surface area (Å²) in [4.78, 5) is 2.11. The highest BCUT2D eigenvalue weighted by Crippen LogP contribution is 2.22. The van der Waals surface area contributed by atoms with Gasteiger partial charge in [0.15, 0.2) is 0 Å². The van der Waals surface area contributed by atoms with Crippen LogP contribution in [0.1, 0.15) is 18.1 Å². The van der Waals surface area contributed by atoms with Gasteiger partial charge in [0.2, 0.25) is 0 Å². The van der Waals surface area contributed by atoms with E-state index in [0.717, 1.165) is 12.2 Å². The predicted molar refractivity (Wildman–Crippen MR) is 78.7 cm³/mol. The van der Waals surface area contributed by atoms with Gasteiger partial charge in [0, 0.05) is 30.0 Å². The average molecular weight is 258 g/mol. The van der Waals surface area contributed by atoms with Crippen LogP contribution in [0.2, 0.25) is 0 Å². The second-order valence-corrected chi connectivity index (χ2v) is 4.66. The molecule has 0 unspecified atom stereocenters. The van der Waals surface area contributed by atoms with E-state index in [4.69, 9.17) is 5.73 Å². The summed E-state index contributed by atoms with van der Waals surface area (Å²) in [5, 5.41) is 0. The van der Waals surface area contributed by atoms with E-state index >= 15 is 0 Å². The molecule has 0 spiro atoms. The zero-order valence-corrected chi connectivity index (χ0v) is 11.4. The Morgan fingerprint density at radius 2 is 1.89 bits per heavy atom. The topological polar surface area (TPSA) is 29.3 Å². The van der Waals surface area contributed by atoms with Gasteiger partial charge in [-0.3, -0.25) is 0 Å². The summed E-state index contributed by atoms with van der Waals surface area (Å²) in [6, 6.07) is 13.0. The molecule has 2 aromatic carbocycles. The van der Waals surface area contributed by atoms with Crippen molar-refractivity contribution in [2.45, 2.75) is 20.4 Å². The van der Waals surface area contributed by atoms with Crippen molar-refractivity contribution in [2.75, 3.05) is 17.2 Å². The van der Waals surface area contributed by atoms with Gasteiger partial charge < -0.3 is 10.6 Å². The number of benzene rings is 2. The van der Waals surface area contributed by atoms with Gasteiger partial charge in [-0.15, -0.1) is 0 Å². The standard InChI is InChI=1S/C16H19FN2/c1-3-19(13-7-4-6-12(2)10-13)11-14-15(17)8-5-9-16(14)18/h4-10H,3,11,18H2,1-2H3. The molecule has 100 valence electrons. The molecule has 0 aliphatic heterocycles. The summed E-state index contributed by atoms with van der Waals surface area (Å²) >= 11 is 0. The van der Waals surface area contributed by atoms with E-state index in [0.29, 0.717) is 17.8 Å². The predicted octanol–water partition coefficient (Wildman–Crippen LogP) is 3.74. The Kier molecular flexibility index (Phi) is 4.05. The molecular formula is C16H19FN2. The van der Waals surface area contributed by atoms with Crippen molar-refractivity contribution < 1.29 is 4.39 Å². The van der Waals surface area contributed by atoms with Gasteiger partial charge in [-0.05, 0) is 43.7 Å². The van der Waals surface area contributed by atoms with E-state index in [1.807, 2.05) is 12.1 Å². The molecule has 2 nitrogen and oxygen atoms in total. The van der Waals surface area contributed by atoms with Crippen LogP contribution in [0, 0.1) is 12.7 Å². The van der Waals surface area contributed by atoms with Crippen molar-refractivity contribution in [3.63, 3.8) is 0 Å². The molecule has 0 fully saturated rings. The van der Waals surface area contributed by atoms with Crippen LogP contribution in [0.5, 0.6) is 0 Å². The molecule has 0 saturated heterocycles. The molecular weight excluding hydrogens is 239 g/mol. The number of nitrogens with zero attached hydrogens (tertiary/aromatic N) is 1. The second-order valence-electron chi connectivity index (χ2n) is 4.66. The highest BCUT2D eigenvalue weighted by molar-refractivity contribution is 5.53. The molecule has 2 N–H and O–H groups in total. The van der Waals surface area contributed by atoms with Crippen LogP contribution in [0.15, 0.2) is 42.5 Å². The Labute approximate surface area is 113 Å². The molecule has 0 heterocycles. The fourth-order valence-corrected chi connectivity index (χ4v) is 2.14. The minimum absolute atomic E-state index is 0.244. The van der Waals surface area contributed by atoms with E-state index in [1.165, 1.54) is 11.6 Å². The quantitative estimate of drug-likeness (QED) is 0.846. The number of hydrogen-bond acceptors (Lipinski definition) is 2. The number of aryl methyl sites for hydroxylation is 1. The second kappa shape index (κ2) is 5.74. The number of anilines is 2. The zero-order valence-electron chi connectivity index (χ0n) is 11.4. The van der Waals surface area contributed by atoms with Crippen LogP contribution in [0.4, 0.5) is 15.8 Å². The Balaban J connectivity index is 2.29. The van der Waals surface area contributed by atoms with Gasteiger partial charge in [0.25, 0.3) is 0 Å². The first kappa shape index (κ1) is 13.4. The molecule has 0 aromatic heterocycles. The number of nitrogens with two attached hydrogens (primary N) is 1. The van der Waals surface area contributed by atoms with Crippen molar-refractivity contribution in [3.05, 3.63) is 59.4 Å². The van der Waals surface area contributed by atoms with E-state index in [1.54, 1.807) is 12.1 Å². The first-order chi connectivity index (χ1) is 9.11. The molecule has 0 atom stereocenters. The largest absolute Gasteiger partial charge is 0.398 e. The molecule has 2 aromatic rings. The maximum absolute atomic E-state index is 13.8. The van der Waals surface area contributed by atoms with E-state index in [-0.39, 0.29) is 5.82 Å². The van der Waals surface area contributed by atoms with Crippen LogP contribution in [-0.4, -0.2) is 6.54 Å². The Morgan fingerprint density at radius 1 is 1.16 bits per heavy atom. The van der Waals surface area contributed by atoms with Crippen LogP contribution >= 0.6 is 0 Å². The maximum atomic E-state index is 13.8. The van der Waals surface area contributed by atoms with E-state index in [2.05, 4.69) is 30.9 Å². The third-order valence-corrected chi connectivity index (χ3v) is 3.25. The molecule has 0 amide bonds. The highest BCUT2D eigenvalue weighted by atomic mass is 19.1. The summed E-state index contributed by atoms with van der Waals surface area (Å²) in [5.41, 5.74) is 9.21. The number of nitrogen functional groups attached to an aromatic ring is 1. The smallest absolute Gasteiger partial charge is 0.130 e. The van der Waals surface area contributed by atoms with Gasteiger partial charge in [-0.1, -0.05) is 18.2 Å². The van der Waals surface area contributed by atoms with E-state index < -0.39 is 0 Å². The van der Waals surface area contributed by atoms with Crippen LogP contribution < -0.4 is 10.6 Å². The lowest BCUT2D eigenvalue weighted by atomic mass is 10.1. The SMILES string of the molecule is CCN(Cc1c(N)cccc1F)c1cccc(C)c1. The van der Waals surface area contributed by atoms with Gasteiger partial charge in [0.05, 0.1) is 0 Å². The minimum Gasteiger partial charge on any atom is -0.398 e. The fourth-order valence-electron chi connectivity index (χ4n) is 2.14. The van der Waals surface area contributed by atoms with Crippen molar-refractivity contribution >= 4 is 11.4 Å². The molecule has 0 aliphatic carbocycles. The monoisotopic (exact) mass is 258 g/mol. The third-order valence-electron chi connectivity index (χ3n) is 3.25. The summed E-state index contributed by atoms with van der Waals surface area (Å²) in [5.74, 6) is -0.244. The molecule has 0 bridgehead atoms.